The molecule has 1 amide bonds. The molecule has 2 atom stereocenters. The summed E-state index contributed by atoms with van der Waals surface area (Å²) >= 11 is 0. The third kappa shape index (κ3) is 5.55. The summed E-state index contributed by atoms with van der Waals surface area (Å²) in [5.74, 6) is -0.129. The summed E-state index contributed by atoms with van der Waals surface area (Å²) < 4.78 is 0. The lowest BCUT2D eigenvalue weighted by atomic mass is 9.90. The summed E-state index contributed by atoms with van der Waals surface area (Å²) in [6.07, 6.45) is 0.624. The molecule has 0 unspecified atom stereocenters. The van der Waals surface area contributed by atoms with Gasteiger partial charge in [-0.05, 0) is 36.5 Å². The largest absolute Gasteiger partial charge is 0.386 e. The van der Waals surface area contributed by atoms with E-state index < -0.39 is 6.10 Å². The minimum atomic E-state index is -0.723. The standard InChI is InChI=1S/C26H29NO2/c1-20(25(28)23-16-10-5-11-17-23)27(2)26(29)24(18-21-12-6-3-7-13-21)19-22-14-8-4-9-15-22/h3-17,20,24-25,28H,18-19H2,1-2H3/t20-,25+/m0/s1. The Balaban J connectivity index is 1.78. The van der Waals surface area contributed by atoms with Crippen molar-refractivity contribution in [3.8, 4) is 0 Å². The Kier molecular flexibility index (Phi) is 7.20. The van der Waals surface area contributed by atoms with Gasteiger partial charge >= 0.3 is 0 Å². The molecule has 0 aliphatic heterocycles. The van der Waals surface area contributed by atoms with E-state index in [4.69, 9.17) is 0 Å². The second kappa shape index (κ2) is 10.0. The third-order valence-corrected chi connectivity index (χ3v) is 5.56. The average Bonchev–Trinajstić information content (AvgIpc) is 2.78. The minimum absolute atomic E-state index is 0.0557. The van der Waals surface area contributed by atoms with Crippen LogP contribution in [-0.4, -0.2) is 29.0 Å². The molecule has 150 valence electrons. The molecule has 0 heterocycles. The Morgan fingerprint density at radius 1 is 0.793 bits per heavy atom. The number of nitrogens with zero attached hydrogens (tertiary/aromatic N) is 1. The topological polar surface area (TPSA) is 40.5 Å². The average molecular weight is 388 g/mol. The fourth-order valence-corrected chi connectivity index (χ4v) is 3.67. The molecule has 0 aliphatic carbocycles. The molecular weight excluding hydrogens is 358 g/mol. The zero-order valence-corrected chi connectivity index (χ0v) is 17.1. The molecule has 0 bridgehead atoms. The number of aliphatic hydroxyl groups excluding tert-OH is 1. The smallest absolute Gasteiger partial charge is 0.226 e. The SMILES string of the molecule is C[C@@H]([C@@H](O)c1ccccc1)N(C)C(=O)C(Cc1ccccc1)Cc1ccccc1. The molecule has 3 aromatic rings. The van der Waals surface area contributed by atoms with Crippen LogP contribution >= 0.6 is 0 Å². The van der Waals surface area contributed by atoms with Crippen molar-refractivity contribution in [2.24, 2.45) is 5.92 Å². The number of likely N-dealkylation sites (N-methyl/N-ethyl adjacent to an activating group) is 1. The molecule has 3 heteroatoms. The lowest BCUT2D eigenvalue weighted by Gasteiger charge is -2.32. The van der Waals surface area contributed by atoms with Gasteiger partial charge in [0, 0.05) is 13.0 Å². The molecule has 0 aromatic heterocycles. The lowest BCUT2D eigenvalue weighted by molar-refractivity contribution is -0.138. The zero-order chi connectivity index (χ0) is 20.6. The van der Waals surface area contributed by atoms with E-state index in [1.165, 1.54) is 0 Å². The number of aliphatic hydroxyl groups is 1. The third-order valence-electron chi connectivity index (χ3n) is 5.56. The van der Waals surface area contributed by atoms with Crippen molar-refractivity contribution < 1.29 is 9.90 Å². The molecule has 3 nitrogen and oxygen atoms in total. The summed E-state index contributed by atoms with van der Waals surface area (Å²) in [5.41, 5.74) is 3.11. The molecule has 3 rings (SSSR count). The first kappa shape index (κ1) is 20.8. The molecule has 0 radical (unpaired) electrons. The van der Waals surface area contributed by atoms with E-state index in [1.807, 2.05) is 73.7 Å². The molecule has 0 saturated heterocycles. The Hall–Kier alpha value is -2.91. The summed E-state index contributed by atoms with van der Waals surface area (Å²) in [5, 5.41) is 10.8. The number of carbonyl (C=O) groups is 1. The number of hydrogen-bond acceptors (Lipinski definition) is 2. The van der Waals surface area contributed by atoms with Gasteiger partial charge in [-0.15, -0.1) is 0 Å². The second-order valence-electron chi connectivity index (χ2n) is 7.62. The van der Waals surface area contributed by atoms with Crippen molar-refractivity contribution in [3.05, 3.63) is 108 Å². The van der Waals surface area contributed by atoms with E-state index in [1.54, 1.807) is 11.9 Å². The maximum Gasteiger partial charge on any atom is 0.226 e. The number of rotatable bonds is 8. The van der Waals surface area contributed by atoms with Gasteiger partial charge in [-0.1, -0.05) is 91.0 Å². The van der Waals surface area contributed by atoms with Crippen molar-refractivity contribution in [3.63, 3.8) is 0 Å². The first-order valence-corrected chi connectivity index (χ1v) is 10.1. The predicted octanol–water partition coefficient (Wildman–Crippen LogP) is 4.67. The predicted molar refractivity (Wildman–Crippen MR) is 117 cm³/mol. The monoisotopic (exact) mass is 387 g/mol. The van der Waals surface area contributed by atoms with E-state index in [0.717, 1.165) is 16.7 Å². The van der Waals surface area contributed by atoms with E-state index in [9.17, 15) is 9.90 Å². The molecule has 1 N–H and O–H groups in total. The quantitative estimate of drug-likeness (QED) is 0.610. The van der Waals surface area contributed by atoms with Crippen LogP contribution in [-0.2, 0) is 17.6 Å². The Labute approximate surface area is 173 Å². The van der Waals surface area contributed by atoms with Gasteiger partial charge in [-0.3, -0.25) is 4.79 Å². The van der Waals surface area contributed by atoms with Crippen molar-refractivity contribution in [2.45, 2.75) is 31.9 Å². The highest BCUT2D eigenvalue weighted by Crippen LogP contribution is 2.23. The summed E-state index contributed by atoms with van der Waals surface area (Å²) in [4.78, 5) is 15.1. The van der Waals surface area contributed by atoms with Crippen molar-refractivity contribution >= 4 is 5.91 Å². The van der Waals surface area contributed by atoms with Crippen LogP contribution in [0.15, 0.2) is 91.0 Å². The molecular formula is C26H29NO2. The van der Waals surface area contributed by atoms with Crippen LogP contribution in [0.5, 0.6) is 0 Å². The van der Waals surface area contributed by atoms with Gasteiger partial charge < -0.3 is 10.0 Å². The number of benzene rings is 3. The molecule has 0 fully saturated rings. The van der Waals surface area contributed by atoms with Crippen molar-refractivity contribution in [2.75, 3.05) is 7.05 Å². The maximum atomic E-state index is 13.4. The van der Waals surface area contributed by atoms with Gasteiger partial charge in [0.25, 0.3) is 0 Å². The first-order valence-electron chi connectivity index (χ1n) is 10.1. The fraction of sp³-hybridized carbons (Fsp3) is 0.269. The molecule has 0 spiro atoms. The van der Waals surface area contributed by atoms with Gasteiger partial charge in [-0.2, -0.15) is 0 Å². The van der Waals surface area contributed by atoms with E-state index in [-0.39, 0.29) is 17.9 Å². The van der Waals surface area contributed by atoms with Gasteiger partial charge in [0.1, 0.15) is 0 Å². The number of carbonyl (C=O) groups excluding carboxylic acids is 1. The summed E-state index contributed by atoms with van der Waals surface area (Å²) in [6.45, 7) is 1.90. The van der Waals surface area contributed by atoms with Gasteiger partial charge in [0.05, 0.1) is 12.1 Å². The highest BCUT2D eigenvalue weighted by atomic mass is 16.3. The highest BCUT2D eigenvalue weighted by molar-refractivity contribution is 5.79. The van der Waals surface area contributed by atoms with Crippen LogP contribution in [0, 0.1) is 5.92 Å². The zero-order valence-electron chi connectivity index (χ0n) is 17.1. The van der Waals surface area contributed by atoms with Crippen molar-refractivity contribution in [1.82, 2.24) is 4.90 Å². The van der Waals surface area contributed by atoms with Crippen LogP contribution in [0.25, 0.3) is 0 Å². The van der Waals surface area contributed by atoms with Crippen LogP contribution in [0.4, 0.5) is 0 Å². The maximum absolute atomic E-state index is 13.4. The van der Waals surface area contributed by atoms with Gasteiger partial charge in [-0.25, -0.2) is 0 Å². The van der Waals surface area contributed by atoms with Crippen LogP contribution in [0.2, 0.25) is 0 Å². The number of amides is 1. The summed E-state index contributed by atoms with van der Waals surface area (Å²) in [6, 6.07) is 29.4. The van der Waals surface area contributed by atoms with Crippen molar-refractivity contribution in [1.29, 1.82) is 0 Å². The molecule has 29 heavy (non-hydrogen) atoms. The normalized spacial score (nSPS) is 13.1. The fourth-order valence-electron chi connectivity index (χ4n) is 3.67. The van der Waals surface area contributed by atoms with E-state index in [0.29, 0.717) is 12.8 Å². The highest BCUT2D eigenvalue weighted by Gasteiger charge is 2.29. The molecule has 3 aromatic carbocycles. The van der Waals surface area contributed by atoms with Crippen LogP contribution < -0.4 is 0 Å². The minimum Gasteiger partial charge on any atom is -0.386 e. The Morgan fingerprint density at radius 3 is 1.66 bits per heavy atom. The van der Waals surface area contributed by atoms with Gasteiger partial charge in [0.15, 0.2) is 0 Å². The first-order chi connectivity index (χ1) is 14.1. The van der Waals surface area contributed by atoms with Gasteiger partial charge in [0.2, 0.25) is 5.91 Å². The Morgan fingerprint density at radius 2 is 1.21 bits per heavy atom. The van der Waals surface area contributed by atoms with E-state index in [2.05, 4.69) is 24.3 Å². The second-order valence-corrected chi connectivity index (χ2v) is 7.62. The number of hydrogen-bond donors (Lipinski definition) is 1. The van der Waals surface area contributed by atoms with Crippen LogP contribution in [0.1, 0.15) is 29.7 Å². The lowest BCUT2D eigenvalue weighted by Crippen LogP contribution is -2.43. The summed E-state index contributed by atoms with van der Waals surface area (Å²) in [7, 11) is 1.79. The van der Waals surface area contributed by atoms with Crippen LogP contribution in [0.3, 0.4) is 0 Å². The molecule has 0 saturated carbocycles. The molecule has 0 aliphatic rings. The Bertz CT molecular complexity index is 839. The van der Waals surface area contributed by atoms with E-state index >= 15 is 0 Å².